The molecule has 5 nitrogen and oxygen atoms in total. The van der Waals surface area contributed by atoms with Gasteiger partial charge in [0.15, 0.2) is 5.96 Å². The summed E-state index contributed by atoms with van der Waals surface area (Å²) in [6.07, 6.45) is 1.98. The summed E-state index contributed by atoms with van der Waals surface area (Å²) in [4.78, 5) is 6.78. The maximum Gasteiger partial charge on any atom is 0.191 e. The fourth-order valence-electron chi connectivity index (χ4n) is 3.31. The van der Waals surface area contributed by atoms with Crippen LogP contribution >= 0.6 is 35.7 Å². The highest BCUT2D eigenvalue weighted by Crippen LogP contribution is 2.26. The topological polar surface area (TPSA) is 59.9 Å². The van der Waals surface area contributed by atoms with Crippen LogP contribution in [0, 0.1) is 0 Å². The summed E-state index contributed by atoms with van der Waals surface area (Å²) in [5, 5.41) is 17.2. The van der Waals surface area contributed by atoms with Crippen LogP contribution in [-0.4, -0.2) is 65.8 Å². The minimum absolute atomic E-state index is 0. The molecule has 1 aromatic carbocycles. The molecule has 3 N–H and O–H groups in total. The number of hydrogen-bond donors (Lipinski definition) is 3. The third kappa shape index (κ3) is 6.30. The molecule has 2 atom stereocenters. The smallest absolute Gasteiger partial charge is 0.191 e. The lowest BCUT2D eigenvalue weighted by atomic mass is 10.0. The summed E-state index contributed by atoms with van der Waals surface area (Å²) in [5.41, 5.74) is 0.777. The molecule has 140 valence electrons. The minimum atomic E-state index is -0.586. The van der Waals surface area contributed by atoms with Crippen molar-refractivity contribution in [2.24, 2.45) is 4.99 Å². The molecule has 1 aromatic rings. The quantitative estimate of drug-likeness (QED) is 0.345. The van der Waals surface area contributed by atoms with E-state index in [-0.39, 0.29) is 24.0 Å². The molecule has 7 heteroatoms. The molecule has 0 bridgehead atoms. The Hall–Kier alpha value is -0.510. The van der Waals surface area contributed by atoms with Gasteiger partial charge in [-0.3, -0.25) is 9.89 Å². The number of guanidine groups is 1. The van der Waals surface area contributed by atoms with Gasteiger partial charge in [-0.1, -0.05) is 30.3 Å². The highest BCUT2D eigenvalue weighted by Gasteiger charge is 2.32. The second kappa shape index (κ2) is 9.99. The average Bonchev–Trinajstić information content (AvgIpc) is 3.22. The van der Waals surface area contributed by atoms with Crippen LogP contribution in [0.15, 0.2) is 35.3 Å². The zero-order chi connectivity index (χ0) is 16.8. The van der Waals surface area contributed by atoms with Crippen LogP contribution in [-0.2, 0) is 6.54 Å². The van der Waals surface area contributed by atoms with Gasteiger partial charge in [-0.15, -0.1) is 24.0 Å². The van der Waals surface area contributed by atoms with Crippen LogP contribution in [0.3, 0.4) is 0 Å². The fourth-order valence-corrected chi connectivity index (χ4v) is 4.60. The van der Waals surface area contributed by atoms with Crippen molar-refractivity contribution in [1.82, 2.24) is 15.5 Å². The molecule has 25 heavy (non-hydrogen) atoms. The van der Waals surface area contributed by atoms with Crippen molar-refractivity contribution in [3.63, 3.8) is 0 Å². The Morgan fingerprint density at radius 1 is 1.40 bits per heavy atom. The molecule has 0 amide bonds. The minimum Gasteiger partial charge on any atom is -0.387 e. The molecule has 2 saturated heterocycles. The summed E-state index contributed by atoms with van der Waals surface area (Å²) in [6.45, 7) is 3.70. The van der Waals surface area contributed by atoms with Gasteiger partial charge < -0.3 is 15.7 Å². The van der Waals surface area contributed by atoms with Gasteiger partial charge in [-0.25, -0.2) is 0 Å². The Bertz CT molecular complexity index is 551. The summed E-state index contributed by atoms with van der Waals surface area (Å²) in [7, 11) is 1.79. The summed E-state index contributed by atoms with van der Waals surface area (Å²) >= 11 is 1.82. The van der Waals surface area contributed by atoms with Crippen LogP contribution < -0.4 is 10.6 Å². The normalized spacial score (nSPS) is 27.1. The SMILES string of the molecule is CN=C(NCC1(O)CCSC1)NC1CCN(Cc2ccccc2)C1.I. The molecular formula is C18H29IN4OS. The number of nitrogens with zero attached hydrogens (tertiary/aromatic N) is 2. The Balaban J connectivity index is 0.00000225. The van der Waals surface area contributed by atoms with E-state index in [4.69, 9.17) is 0 Å². The van der Waals surface area contributed by atoms with Crippen molar-refractivity contribution < 1.29 is 5.11 Å². The lowest BCUT2D eigenvalue weighted by Gasteiger charge is -2.24. The summed E-state index contributed by atoms with van der Waals surface area (Å²) in [6, 6.07) is 11.0. The third-order valence-electron chi connectivity index (χ3n) is 4.75. The van der Waals surface area contributed by atoms with Crippen LogP contribution in [0.1, 0.15) is 18.4 Å². The molecule has 2 aliphatic rings. The molecule has 2 unspecified atom stereocenters. The Morgan fingerprint density at radius 2 is 2.20 bits per heavy atom. The van der Waals surface area contributed by atoms with Crippen LogP contribution in [0.2, 0.25) is 0 Å². The zero-order valence-corrected chi connectivity index (χ0v) is 17.9. The molecule has 0 aliphatic carbocycles. The maximum atomic E-state index is 10.4. The van der Waals surface area contributed by atoms with Crippen LogP contribution in [0.4, 0.5) is 0 Å². The molecule has 2 heterocycles. The second-order valence-electron chi connectivity index (χ2n) is 6.80. The van der Waals surface area contributed by atoms with Gasteiger partial charge >= 0.3 is 0 Å². The molecule has 0 aromatic heterocycles. The van der Waals surface area contributed by atoms with Gasteiger partial charge in [0.2, 0.25) is 0 Å². The van der Waals surface area contributed by atoms with Gasteiger partial charge in [0.1, 0.15) is 0 Å². The van der Waals surface area contributed by atoms with E-state index in [1.165, 1.54) is 5.56 Å². The van der Waals surface area contributed by atoms with Crippen molar-refractivity contribution in [1.29, 1.82) is 0 Å². The van der Waals surface area contributed by atoms with E-state index in [0.29, 0.717) is 12.6 Å². The first-order chi connectivity index (χ1) is 11.7. The molecule has 2 fully saturated rings. The zero-order valence-electron chi connectivity index (χ0n) is 14.8. The number of aliphatic imine (C=N–C) groups is 1. The Morgan fingerprint density at radius 3 is 2.88 bits per heavy atom. The van der Waals surface area contributed by atoms with Crippen molar-refractivity contribution in [3.8, 4) is 0 Å². The average molecular weight is 476 g/mol. The molecule has 0 saturated carbocycles. The fraction of sp³-hybridized carbons (Fsp3) is 0.611. The lowest BCUT2D eigenvalue weighted by molar-refractivity contribution is 0.0724. The van der Waals surface area contributed by atoms with E-state index >= 15 is 0 Å². The van der Waals surface area contributed by atoms with Crippen LogP contribution in [0.25, 0.3) is 0 Å². The molecular weight excluding hydrogens is 447 g/mol. The van der Waals surface area contributed by atoms with E-state index in [2.05, 4.69) is 50.9 Å². The van der Waals surface area contributed by atoms with Gasteiger partial charge in [-0.05, 0) is 24.2 Å². The monoisotopic (exact) mass is 476 g/mol. The van der Waals surface area contributed by atoms with Gasteiger partial charge in [0.25, 0.3) is 0 Å². The van der Waals surface area contributed by atoms with E-state index in [9.17, 15) is 5.11 Å². The van der Waals surface area contributed by atoms with Gasteiger partial charge in [-0.2, -0.15) is 11.8 Å². The number of benzene rings is 1. The second-order valence-corrected chi connectivity index (χ2v) is 7.91. The largest absolute Gasteiger partial charge is 0.387 e. The molecule has 0 spiro atoms. The first kappa shape index (κ1) is 20.8. The highest BCUT2D eigenvalue weighted by atomic mass is 127. The third-order valence-corrected chi connectivity index (χ3v) is 5.99. The number of rotatable bonds is 5. The number of likely N-dealkylation sites (tertiary alicyclic amines) is 1. The number of thioether (sulfide) groups is 1. The maximum absolute atomic E-state index is 10.4. The predicted octanol–water partition coefficient (Wildman–Crippen LogP) is 1.91. The first-order valence-electron chi connectivity index (χ1n) is 8.70. The molecule has 2 aliphatic heterocycles. The van der Waals surface area contributed by atoms with Gasteiger partial charge in [0, 0.05) is 45.0 Å². The number of halogens is 1. The summed E-state index contributed by atoms with van der Waals surface area (Å²) in [5.74, 6) is 2.65. The molecule has 0 radical (unpaired) electrons. The van der Waals surface area contributed by atoms with Crippen molar-refractivity contribution in [2.75, 3.05) is 38.2 Å². The van der Waals surface area contributed by atoms with Crippen molar-refractivity contribution in [3.05, 3.63) is 35.9 Å². The number of hydrogen-bond acceptors (Lipinski definition) is 4. The predicted molar refractivity (Wildman–Crippen MR) is 117 cm³/mol. The Kier molecular flexibility index (Phi) is 8.31. The van der Waals surface area contributed by atoms with Gasteiger partial charge in [0.05, 0.1) is 5.60 Å². The van der Waals surface area contributed by atoms with Crippen LogP contribution in [0.5, 0.6) is 0 Å². The first-order valence-corrected chi connectivity index (χ1v) is 9.86. The lowest BCUT2D eigenvalue weighted by Crippen LogP contribution is -2.50. The molecule has 3 rings (SSSR count). The van der Waals surface area contributed by atoms with E-state index in [0.717, 1.165) is 49.9 Å². The Labute approximate surface area is 172 Å². The van der Waals surface area contributed by atoms with E-state index < -0.39 is 5.60 Å². The number of nitrogens with one attached hydrogen (secondary N) is 2. The van der Waals surface area contributed by atoms with Crippen molar-refractivity contribution in [2.45, 2.75) is 31.0 Å². The van der Waals surface area contributed by atoms with E-state index in [1.54, 1.807) is 7.05 Å². The van der Waals surface area contributed by atoms with Crippen molar-refractivity contribution >= 4 is 41.7 Å². The highest BCUT2D eigenvalue weighted by molar-refractivity contribution is 14.0. The summed E-state index contributed by atoms with van der Waals surface area (Å²) < 4.78 is 0. The van der Waals surface area contributed by atoms with E-state index in [1.807, 2.05) is 11.8 Å². The number of aliphatic hydroxyl groups is 1. The standard InChI is InChI=1S/C18H28N4OS.HI/c1-19-17(20-13-18(23)8-10-24-14-18)21-16-7-9-22(12-16)11-15-5-3-2-4-6-15;/h2-6,16,23H,7-14H2,1H3,(H2,19,20,21);1H.